The van der Waals surface area contributed by atoms with Gasteiger partial charge in [0, 0.05) is 6.20 Å². The monoisotopic (exact) mass is 351 g/mol. The Morgan fingerprint density at radius 3 is 2.42 bits per heavy atom. The average molecular weight is 351 g/mol. The van der Waals surface area contributed by atoms with Crippen molar-refractivity contribution in [1.29, 1.82) is 0 Å². The quantitative estimate of drug-likeness (QED) is 0.664. The van der Waals surface area contributed by atoms with Gasteiger partial charge in [-0.2, -0.15) is 26.3 Å². The fourth-order valence-electron chi connectivity index (χ4n) is 1.93. The maximum absolute atomic E-state index is 13.1. The Labute approximate surface area is 129 Å². The molecule has 3 rings (SSSR count). The highest BCUT2D eigenvalue weighted by Gasteiger charge is 2.41. The fraction of sp³-hybridized carbons (Fsp3) is 0.333. The van der Waals surface area contributed by atoms with Crippen molar-refractivity contribution >= 4 is 16.8 Å². The van der Waals surface area contributed by atoms with Crippen molar-refractivity contribution in [3.8, 4) is 5.88 Å². The fourth-order valence-corrected chi connectivity index (χ4v) is 1.93. The Bertz CT molecular complexity index is 902. The molecule has 0 spiro atoms. The number of rotatable bonds is 2. The molecule has 0 fully saturated rings. The van der Waals surface area contributed by atoms with E-state index in [0.717, 1.165) is 0 Å². The number of aromatic nitrogens is 5. The van der Waals surface area contributed by atoms with Crippen LogP contribution in [-0.2, 0) is 6.18 Å². The standard InChI is InChI=1S/C12H7F6N5O/c1-5(11(13,14)15)24-9-8-21-22-10(12(16,17)18)23(8)7-6(20-9)3-2-4-19-7/h2-5H,1H3. The van der Waals surface area contributed by atoms with Crippen LogP contribution < -0.4 is 4.74 Å². The first-order valence-electron chi connectivity index (χ1n) is 6.39. The summed E-state index contributed by atoms with van der Waals surface area (Å²) in [5.74, 6) is -2.16. The van der Waals surface area contributed by atoms with E-state index in [4.69, 9.17) is 0 Å². The van der Waals surface area contributed by atoms with Gasteiger partial charge < -0.3 is 4.74 Å². The molecule has 24 heavy (non-hydrogen) atoms. The maximum Gasteiger partial charge on any atom is 0.452 e. The van der Waals surface area contributed by atoms with Crippen molar-refractivity contribution in [2.75, 3.05) is 0 Å². The summed E-state index contributed by atoms with van der Waals surface area (Å²) >= 11 is 0. The van der Waals surface area contributed by atoms with Gasteiger partial charge in [0.05, 0.1) is 0 Å². The first kappa shape index (κ1) is 16.2. The van der Waals surface area contributed by atoms with Gasteiger partial charge in [0.2, 0.25) is 11.5 Å². The molecule has 0 aromatic carbocycles. The summed E-state index contributed by atoms with van der Waals surface area (Å²) in [6.07, 6.45) is -10.7. The van der Waals surface area contributed by atoms with E-state index in [1.807, 2.05) is 0 Å². The summed E-state index contributed by atoms with van der Waals surface area (Å²) in [6.45, 7) is 0.701. The first-order chi connectivity index (χ1) is 11.1. The van der Waals surface area contributed by atoms with E-state index >= 15 is 0 Å². The van der Waals surface area contributed by atoms with Crippen molar-refractivity contribution in [2.45, 2.75) is 25.4 Å². The molecule has 0 saturated carbocycles. The van der Waals surface area contributed by atoms with E-state index < -0.39 is 35.8 Å². The molecule has 0 amide bonds. The van der Waals surface area contributed by atoms with E-state index in [1.165, 1.54) is 18.3 Å². The smallest absolute Gasteiger partial charge is 0.452 e. The van der Waals surface area contributed by atoms with Gasteiger partial charge in [-0.3, -0.25) is 0 Å². The lowest BCUT2D eigenvalue weighted by Gasteiger charge is -2.17. The number of pyridine rings is 1. The molecule has 3 heterocycles. The van der Waals surface area contributed by atoms with E-state index in [1.54, 1.807) is 0 Å². The minimum Gasteiger partial charge on any atom is -0.462 e. The summed E-state index contributed by atoms with van der Waals surface area (Å²) in [5.41, 5.74) is -0.957. The Kier molecular flexibility index (Phi) is 3.49. The zero-order valence-corrected chi connectivity index (χ0v) is 11.7. The SMILES string of the molecule is CC(Oc1nc2cccnc2n2c(C(F)(F)F)nnc12)C(F)(F)F. The highest BCUT2D eigenvalue weighted by atomic mass is 19.4. The topological polar surface area (TPSA) is 65.2 Å². The van der Waals surface area contributed by atoms with Gasteiger partial charge in [0.25, 0.3) is 5.88 Å². The van der Waals surface area contributed by atoms with Crippen LogP contribution in [0.3, 0.4) is 0 Å². The number of hydrogen-bond acceptors (Lipinski definition) is 5. The van der Waals surface area contributed by atoms with Crippen molar-refractivity contribution < 1.29 is 31.1 Å². The summed E-state index contributed by atoms with van der Waals surface area (Å²) in [5, 5.41) is 6.26. The summed E-state index contributed by atoms with van der Waals surface area (Å²) < 4.78 is 82.3. The van der Waals surface area contributed by atoms with Gasteiger partial charge in [-0.15, -0.1) is 10.2 Å². The second kappa shape index (κ2) is 5.18. The number of alkyl halides is 6. The highest BCUT2D eigenvalue weighted by molar-refractivity contribution is 5.76. The molecule has 3 aromatic rings. The number of halogens is 6. The molecule has 0 aliphatic carbocycles. The third-order valence-electron chi connectivity index (χ3n) is 3.06. The molecule has 1 atom stereocenters. The molecule has 0 N–H and O–H groups in total. The second-order valence-corrected chi connectivity index (χ2v) is 4.75. The van der Waals surface area contributed by atoms with Gasteiger partial charge in [0.15, 0.2) is 11.8 Å². The van der Waals surface area contributed by atoms with E-state index in [2.05, 4.69) is 24.9 Å². The van der Waals surface area contributed by atoms with E-state index in [0.29, 0.717) is 11.3 Å². The lowest BCUT2D eigenvalue weighted by molar-refractivity contribution is -0.189. The van der Waals surface area contributed by atoms with Crippen LogP contribution >= 0.6 is 0 Å². The van der Waals surface area contributed by atoms with Gasteiger partial charge in [-0.1, -0.05) is 0 Å². The van der Waals surface area contributed by atoms with Crippen LogP contribution in [0.25, 0.3) is 16.8 Å². The van der Waals surface area contributed by atoms with Crippen LogP contribution in [-0.4, -0.2) is 36.8 Å². The Morgan fingerprint density at radius 2 is 1.79 bits per heavy atom. The molecule has 0 aliphatic heterocycles. The molecular formula is C12H7F6N5O. The van der Waals surface area contributed by atoms with E-state index in [9.17, 15) is 26.3 Å². The van der Waals surface area contributed by atoms with Crippen molar-refractivity contribution in [3.05, 3.63) is 24.2 Å². The van der Waals surface area contributed by atoms with Gasteiger partial charge in [-0.05, 0) is 19.1 Å². The van der Waals surface area contributed by atoms with Crippen molar-refractivity contribution in [3.63, 3.8) is 0 Å². The highest BCUT2D eigenvalue weighted by Crippen LogP contribution is 2.33. The van der Waals surface area contributed by atoms with Crippen LogP contribution in [0.1, 0.15) is 12.7 Å². The molecule has 3 aromatic heterocycles. The van der Waals surface area contributed by atoms with Gasteiger partial charge >= 0.3 is 12.4 Å². The average Bonchev–Trinajstić information content (AvgIpc) is 2.91. The maximum atomic E-state index is 13.1. The van der Waals surface area contributed by atoms with Gasteiger partial charge in [0.1, 0.15) is 5.52 Å². The minimum absolute atomic E-state index is 0.0975. The summed E-state index contributed by atoms with van der Waals surface area (Å²) in [7, 11) is 0. The Balaban J connectivity index is 2.28. The Morgan fingerprint density at radius 1 is 1.08 bits per heavy atom. The third kappa shape index (κ3) is 2.67. The third-order valence-corrected chi connectivity index (χ3v) is 3.06. The molecule has 0 aliphatic rings. The van der Waals surface area contributed by atoms with Crippen LogP contribution in [0.15, 0.2) is 18.3 Å². The van der Waals surface area contributed by atoms with Crippen LogP contribution in [0.5, 0.6) is 5.88 Å². The largest absolute Gasteiger partial charge is 0.462 e. The molecule has 1 unspecified atom stereocenters. The number of fused-ring (bicyclic) bond motifs is 3. The van der Waals surface area contributed by atoms with Crippen molar-refractivity contribution in [2.24, 2.45) is 0 Å². The predicted octanol–water partition coefficient (Wildman–Crippen LogP) is 3.02. The molecule has 128 valence electrons. The molecule has 0 radical (unpaired) electrons. The normalized spacial score (nSPS) is 14.3. The minimum atomic E-state index is -4.89. The number of hydrogen-bond donors (Lipinski definition) is 0. The van der Waals surface area contributed by atoms with E-state index in [-0.39, 0.29) is 11.2 Å². The van der Waals surface area contributed by atoms with Crippen LogP contribution in [0.4, 0.5) is 26.3 Å². The molecule has 12 heteroatoms. The second-order valence-electron chi connectivity index (χ2n) is 4.75. The first-order valence-corrected chi connectivity index (χ1v) is 6.39. The van der Waals surface area contributed by atoms with Crippen LogP contribution in [0, 0.1) is 0 Å². The molecular weight excluding hydrogens is 344 g/mol. The molecule has 6 nitrogen and oxygen atoms in total. The molecule has 0 bridgehead atoms. The zero-order chi connectivity index (χ0) is 17.7. The Hall–Kier alpha value is -2.66. The predicted molar refractivity (Wildman–Crippen MR) is 67.2 cm³/mol. The summed E-state index contributed by atoms with van der Waals surface area (Å²) in [4.78, 5) is 7.54. The lowest BCUT2D eigenvalue weighted by atomic mass is 10.4. The lowest BCUT2D eigenvalue weighted by Crippen LogP contribution is -2.31. The summed E-state index contributed by atoms with van der Waals surface area (Å²) in [6, 6.07) is 2.66. The number of nitrogens with zero attached hydrogens (tertiary/aromatic N) is 5. The zero-order valence-electron chi connectivity index (χ0n) is 11.7. The van der Waals surface area contributed by atoms with Crippen LogP contribution in [0.2, 0.25) is 0 Å². The van der Waals surface area contributed by atoms with Crippen molar-refractivity contribution in [1.82, 2.24) is 24.6 Å². The molecule has 0 saturated heterocycles. The van der Waals surface area contributed by atoms with Gasteiger partial charge in [-0.25, -0.2) is 14.4 Å². The number of ether oxygens (including phenoxy) is 1.